The maximum atomic E-state index is 13.1. The van der Waals surface area contributed by atoms with Crippen LogP contribution in [0.25, 0.3) is 0 Å². The van der Waals surface area contributed by atoms with Crippen LogP contribution in [-0.2, 0) is 20.7 Å². The van der Waals surface area contributed by atoms with Crippen molar-refractivity contribution < 1.29 is 28.5 Å². The van der Waals surface area contributed by atoms with E-state index >= 15 is 0 Å². The molecule has 1 heterocycles. The number of nitrogens with zero attached hydrogens (tertiary/aromatic N) is 1. The molecule has 2 amide bonds. The predicted octanol–water partition coefficient (Wildman–Crippen LogP) is 5.12. The van der Waals surface area contributed by atoms with Crippen molar-refractivity contribution in [3.05, 3.63) is 23.8 Å². The molecule has 2 rings (SSSR count). The molecule has 1 fully saturated rings. The number of benzene rings is 1. The van der Waals surface area contributed by atoms with Gasteiger partial charge in [-0.15, -0.1) is 0 Å². The number of carbonyl (C=O) groups is 2. The summed E-state index contributed by atoms with van der Waals surface area (Å²) in [5.74, 6) is 1.60. The summed E-state index contributed by atoms with van der Waals surface area (Å²) in [5.41, 5.74) is 0.476. The Bertz CT molecular complexity index is 1000. The molecule has 224 valence electrons. The fourth-order valence-corrected chi connectivity index (χ4v) is 4.90. The molecule has 4 atom stereocenters. The maximum absolute atomic E-state index is 13.1. The van der Waals surface area contributed by atoms with Crippen molar-refractivity contribution in [1.82, 2.24) is 10.6 Å². The van der Waals surface area contributed by atoms with E-state index in [0.29, 0.717) is 37.1 Å². The van der Waals surface area contributed by atoms with E-state index < -0.39 is 17.6 Å². The number of ether oxygens (including phenoxy) is 4. The summed E-state index contributed by atoms with van der Waals surface area (Å²) in [7, 11) is 3.30. The normalized spacial score (nSPS) is 18.6. The number of alkyl carbamates (subject to hydrolysis) is 1. The van der Waals surface area contributed by atoms with Crippen LogP contribution in [0, 0.1) is 40.4 Å². The second-order valence-corrected chi connectivity index (χ2v) is 12.1. The molecule has 9 nitrogen and oxygen atoms in total. The molecular weight excluding hydrogens is 510 g/mol. The number of rotatable bonds is 17. The Labute approximate surface area is 240 Å². The Morgan fingerprint density at radius 2 is 1.85 bits per heavy atom. The maximum Gasteiger partial charge on any atom is 0.407 e. The van der Waals surface area contributed by atoms with Gasteiger partial charge in [-0.2, -0.15) is 5.26 Å². The van der Waals surface area contributed by atoms with E-state index in [4.69, 9.17) is 18.9 Å². The summed E-state index contributed by atoms with van der Waals surface area (Å²) >= 11 is 0. The molecule has 0 radical (unpaired) electrons. The molecule has 0 spiro atoms. The van der Waals surface area contributed by atoms with Crippen LogP contribution in [-0.4, -0.2) is 58.1 Å². The van der Waals surface area contributed by atoms with Gasteiger partial charge in [0.25, 0.3) is 0 Å². The van der Waals surface area contributed by atoms with E-state index in [0.717, 1.165) is 24.8 Å². The highest BCUT2D eigenvalue weighted by Gasteiger charge is 2.39. The molecule has 2 N–H and O–H groups in total. The van der Waals surface area contributed by atoms with Crippen LogP contribution < -0.4 is 20.1 Å². The molecule has 1 saturated heterocycles. The Balaban J connectivity index is 2.13. The topological polar surface area (TPSA) is 119 Å². The van der Waals surface area contributed by atoms with Gasteiger partial charge in [0.05, 0.1) is 31.2 Å². The minimum Gasteiger partial charge on any atom is -0.493 e. The van der Waals surface area contributed by atoms with Crippen LogP contribution in [0.5, 0.6) is 11.5 Å². The number of nitriles is 1. The lowest BCUT2D eigenvalue weighted by Gasteiger charge is -2.29. The summed E-state index contributed by atoms with van der Waals surface area (Å²) in [6, 6.07) is 8.03. The number of methoxy groups -OCH3 is 2. The molecule has 9 heteroatoms. The Morgan fingerprint density at radius 3 is 2.45 bits per heavy atom. The summed E-state index contributed by atoms with van der Waals surface area (Å²) in [5, 5.41) is 15.2. The summed E-state index contributed by atoms with van der Waals surface area (Å²) in [6.45, 7) is 13.4. The molecule has 1 unspecified atom stereocenters. The van der Waals surface area contributed by atoms with Crippen LogP contribution in [0.1, 0.15) is 66.4 Å². The summed E-state index contributed by atoms with van der Waals surface area (Å²) in [6.07, 6.45) is 1.87. The largest absolute Gasteiger partial charge is 0.493 e. The van der Waals surface area contributed by atoms with Crippen molar-refractivity contribution >= 4 is 12.0 Å². The first-order valence-electron chi connectivity index (χ1n) is 14.4. The first kappa shape index (κ1) is 33.2. The standard InChI is InChI=1S/C31H49N3O6/c1-20(2)23(14-22-10-11-26(38-8)28(15-22)39-13-9-12-37-7)16-25-27(40-30(36)34-25)17-24(21(3)4)29(35)33-19-31(5,6)18-32/h10-11,15,20-21,23-25,27H,9,12-14,16-17,19H2,1-8H3,(H,33,35)(H,34,36)/t23-,24-,25-,27?/m0/s1. The highest BCUT2D eigenvalue weighted by atomic mass is 16.6. The average molecular weight is 560 g/mol. The predicted molar refractivity (Wildman–Crippen MR) is 154 cm³/mol. The third kappa shape index (κ3) is 10.2. The molecule has 1 aromatic rings. The van der Waals surface area contributed by atoms with Crippen molar-refractivity contribution in [1.29, 1.82) is 5.26 Å². The van der Waals surface area contributed by atoms with Crippen LogP contribution in [0.3, 0.4) is 0 Å². The fourth-order valence-electron chi connectivity index (χ4n) is 4.90. The van der Waals surface area contributed by atoms with Crippen LogP contribution in [0.2, 0.25) is 0 Å². The molecule has 1 aliphatic heterocycles. The SMILES string of the molecule is COCCCOc1cc(C[C@@H](C[C@@H]2NC(=O)OC2C[C@H](C(=O)NCC(C)(C)C#N)C(C)C)C(C)C)ccc1OC. The Morgan fingerprint density at radius 1 is 1.12 bits per heavy atom. The zero-order valence-corrected chi connectivity index (χ0v) is 25.5. The van der Waals surface area contributed by atoms with Crippen molar-refractivity contribution in [2.45, 2.75) is 79.4 Å². The molecule has 1 aromatic carbocycles. The molecular formula is C31H49N3O6. The minimum absolute atomic E-state index is 0.0488. The van der Waals surface area contributed by atoms with E-state index in [1.54, 1.807) is 28.1 Å². The molecule has 0 aromatic heterocycles. The van der Waals surface area contributed by atoms with E-state index in [1.165, 1.54) is 0 Å². The number of cyclic esters (lactones) is 1. The number of hydrogen-bond acceptors (Lipinski definition) is 7. The van der Waals surface area contributed by atoms with Gasteiger partial charge in [-0.25, -0.2) is 4.79 Å². The first-order chi connectivity index (χ1) is 18.9. The van der Waals surface area contributed by atoms with E-state index in [2.05, 4.69) is 36.6 Å². The van der Waals surface area contributed by atoms with Crippen molar-refractivity contribution in [3.8, 4) is 17.6 Å². The van der Waals surface area contributed by atoms with Gasteiger partial charge in [0.2, 0.25) is 5.91 Å². The zero-order valence-electron chi connectivity index (χ0n) is 25.5. The fraction of sp³-hybridized carbons (Fsp3) is 0.710. The van der Waals surface area contributed by atoms with Gasteiger partial charge in [-0.1, -0.05) is 33.8 Å². The highest BCUT2D eigenvalue weighted by molar-refractivity contribution is 5.79. The lowest BCUT2D eigenvalue weighted by atomic mass is 9.80. The van der Waals surface area contributed by atoms with Crippen molar-refractivity contribution in [2.75, 3.05) is 34.0 Å². The lowest BCUT2D eigenvalue weighted by molar-refractivity contribution is -0.127. The quantitative estimate of drug-likeness (QED) is 0.254. The van der Waals surface area contributed by atoms with E-state index in [-0.39, 0.29) is 36.2 Å². The molecule has 0 bridgehead atoms. The average Bonchev–Trinajstić information content (AvgIpc) is 3.26. The van der Waals surface area contributed by atoms with Gasteiger partial charge >= 0.3 is 6.09 Å². The van der Waals surface area contributed by atoms with E-state index in [1.807, 2.05) is 26.0 Å². The highest BCUT2D eigenvalue weighted by Crippen LogP contribution is 2.33. The van der Waals surface area contributed by atoms with Crippen LogP contribution in [0.4, 0.5) is 4.79 Å². The third-order valence-corrected chi connectivity index (χ3v) is 7.62. The monoisotopic (exact) mass is 559 g/mol. The number of hydrogen-bond donors (Lipinski definition) is 2. The van der Waals surface area contributed by atoms with Crippen LogP contribution in [0.15, 0.2) is 18.2 Å². The van der Waals surface area contributed by atoms with Crippen molar-refractivity contribution in [2.24, 2.45) is 29.1 Å². The second-order valence-electron chi connectivity index (χ2n) is 12.1. The van der Waals surface area contributed by atoms with Crippen molar-refractivity contribution in [3.63, 3.8) is 0 Å². The van der Waals surface area contributed by atoms with Gasteiger partial charge in [0.1, 0.15) is 6.10 Å². The second kappa shape index (κ2) is 15.7. The minimum atomic E-state index is -0.651. The number of carbonyl (C=O) groups excluding carboxylic acids is 2. The smallest absolute Gasteiger partial charge is 0.407 e. The lowest BCUT2D eigenvalue weighted by Crippen LogP contribution is -2.42. The van der Waals surface area contributed by atoms with E-state index in [9.17, 15) is 14.9 Å². The molecule has 0 saturated carbocycles. The van der Waals surface area contributed by atoms with Gasteiger partial charge in [0, 0.05) is 32.6 Å². The number of nitrogens with one attached hydrogen (secondary N) is 2. The van der Waals surface area contributed by atoms with Crippen LogP contribution >= 0.6 is 0 Å². The summed E-state index contributed by atoms with van der Waals surface area (Å²) < 4.78 is 22.3. The third-order valence-electron chi connectivity index (χ3n) is 7.62. The van der Waals surface area contributed by atoms with Gasteiger partial charge in [-0.05, 0) is 68.6 Å². The van der Waals surface area contributed by atoms with Gasteiger partial charge in [-0.3, -0.25) is 4.79 Å². The number of amides is 2. The molecule has 40 heavy (non-hydrogen) atoms. The van der Waals surface area contributed by atoms with Gasteiger partial charge < -0.3 is 29.6 Å². The Kier molecular flexibility index (Phi) is 13.0. The zero-order chi connectivity index (χ0) is 29.9. The first-order valence-corrected chi connectivity index (χ1v) is 14.4. The van der Waals surface area contributed by atoms with Gasteiger partial charge in [0.15, 0.2) is 11.5 Å². The molecule has 1 aliphatic rings. The summed E-state index contributed by atoms with van der Waals surface area (Å²) in [4.78, 5) is 25.4. The molecule has 0 aliphatic carbocycles. The Hall–Kier alpha value is -2.99.